The van der Waals surface area contributed by atoms with Crippen molar-refractivity contribution in [3.63, 3.8) is 0 Å². The minimum Gasteiger partial charge on any atom is -0.494 e. The maximum atomic E-state index is 12.0. The van der Waals surface area contributed by atoms with Crippen molar-refractivity contribution >= 4 is 30.5 Å². The zero-order valence-corrected chi connectivity index (χ0v) is 24.7. The van der Waals surface area contributed by atoms with Crippen molar-refractivity contribution in [2.75, 3.05) is 26.7 Å². The van der Waals surface area contributed by atoms with Crippen molar-refractivity contribution in [3.8, 4) is 22.6 Å². The molecule has 0 N–H and O–H groups in total. The summed E-state index contributed by atoms with van der Waals surface area (Å²) in [6, 6.07) is 19.2. The summed E-state index contributed by atoms with van der Waals surface area (Å²) in [6.45, 7) is 8.21. The Labute approximate surface area is 246 Å². The minimum absolute atomic E-state index is 0.0151. The predicted molar refractivity (Wildman–Crippen MR) is 159 cm³/mol. The van der Waals surface area contributed by atoms with Crippen LogP contribution in [-0.2, 0) is 35.0 Å². The number of carbonyl (C=O) groups excluding carboxylic acids is 3. The number of rotatable bonds is 10. The third-order valence-corrected chi connectivity index (χ3v) is 6.71. The molecule has 1 aliphatic heterocycles. The van der Waals surface area contributed by atoms with E-state index in [9.17, 15) is 14.4 Å². The van der Waals surface area contributed by atoms with E-state index in [1.165, 1.54) is 11.8 Å². The van der Waals surface area contributed by atoms with Crippen LogP contribution in [-0.4, -0.2) is 62.8 Å². The van der Waals surface area contributed by atoms with Gasteiger partial charge in [-0.2, -0.15) is 0 Å². The van der Waals surface area contributed by atoms with E-state index in [1.807, 2.05) is 31.2 Å². The Balaban J connectivity index is 1.37. The SMILES string of the molecule is CC(=O)OC(C)CCOc1cc(C)c(-c2cccc(COc3ccc(B4OC(=O)CN(C)CC(=O)O4)cc3)c2)c(C)c1. The normalized spacial score (nSPS) is 14.7. The van der Waals surface area contributed by atoms with Gasteiger partial charge in [-0.25, -0.2) is 0 Å². The van der Waals surface area contributed by atoms with Crippen LogP contribution in [0, 0.1) is 13.8 Å². The molecule has 0 amide bonds. The lowest BCUT2D eigenvalue weighted by Crippen LogP contribution is -2.47. The molecule has 1 atom stereocenters. The first kappa shape index (κ1) is 30.6. The Morgan fingerprint density at radius 1 is 0.929 bits per heavy atom. The van der Waals surface area contributed by atoms with Crippen LogP contribution >= 0.6 is 0 Å². The third-order valence-electron chi connectivity index (χ3n) is 6.71. The maximum Gasteiger partial charge on any atom is 0.636 e. The molecule has 4 rings (SSSR count). The van der Waals surface area contributed by atoms with Gasteiger partial charge in [0.1, 0.15) is 24.2 Å². The number of hydrogen-bond acceptors (Lipinski definition) is 9. The van der Waals surface area contributed by atoms with Gasteiger partial charge in [0, 0.05) is 18.8 Å². The van der Waals surface area contributed by atoms with Gasteiger partial charge in [0.15, 0.2) is 0 Å². The van der Waals surface area contributed by atoms with Crippen LogP contribution in [0.2, 0.25) is 0 Å². The predicted octanol–water partition coefficient (Wildman–Crippen LogP) is 4.00. The Morgan fingerprint density at radius 3 is 2.19 bits per heavy atom. The monoisotopic (exact) mass is 573 g/mol. The number of aryl methyl sites for hydroxylation is 2. The Hall–Kier alpha value is -4.31. The van der Waals surface area contributed by atoms with Crippen molar-refractivity contribution in [3.05, 3.63) is 77.4 Å². The van der Waals surface area contributed by atoms with E-state index in [2.05, 4.69) is 26.0 Å². The number of hydrogen-bond donors (Lipinski definition) is 0. The summed E-state index contributed by atoms with van der Waals surface area (Å²) in [4.78, 5) is 36.7. The van der Waals surface area contributed by atoms with E-state index in [0.717, 1.165) is 33.6 Å². The summed E-state index contributed by atoms with van der Waals surface area (Å²) in [7, 11) is 0.565. The summed E-state index contributed by atoms with van der Waals surface area (Å²) in [5, 5.41) is 0. The number of nitrogens with zero attached hydrogens (tertiary/aromatic N) is 1. The molecule has 3 aromatic carbocycles. The van der Waals surface area contributed by atoms with Crippen LogP contribution in [0.25, 0.3) is 11.1 Å². The molecular weight excluding hydrogens is 537 g/mol. The summed E-state index contributed by atoms with van der Waals surface area (Å²) in [5.74, 6) is 0.190. The van der Waals surface area contributed by atoms with Crippen molar-refractivity contribution in [1.29, 1.82) is 0 Å². The van der Waals surface area contributed by atoms with Gasteiger partial charge in [0.05, 0.1) is 19.7 Å². The third kappa shape index (κ3) is 8.60. The molecule has 0 radical (unpaired) electrons. The smallest absolute Gasteiger partial charge is 0.494 e. The van der Waals surface area contributed by atoms with Crippen LogP contribution in [0.5, 0.6) is 11.5 Å². The average molecular weight is 573 g/mol. The number of carbonyl (C=O) groups is 3. The van der Waals surface area contributed by atoms with Gasteiger partial charge in [0.25, 0.3) is 0 Å². The van der Waals surface area contributed by atoms with Crippen molar-refractivity contribution in [1.82, 2.24) is 4.90 Å². The molecule has 9 nitrogen and oxygen atoms in total. The topological polar surface area (TPSA) is 101 Å². The van der Waals surface area contributed by atoms with Gasteiger partial charge in [-0.3, -0.25) is 19.3 Å². The van der Waals surface area contributed by atoms with E-state index in [-0.39, 0.29) is 25.2 Å². The van der Waals surface area contributed by atoms with Gasteiger partial charge in [-0.1, -0.05) is 30.3 Å². The van der Waals surface area contributed by atoms with Crippen LogP contribution in [0.1, 0.15) is 37.0 Å². The number of esters is 1. The fraction of sp³-hybridized carbons (Fsp3) is 0.344. The Morgan fingerprint density at radius 2 is 1.57 bits per heavy atom. The molecule has 220 valence electrons. The van der Waals surface area contributed by atoms with Gasteiger partial charge in [-0.05, 0) is 86.0 Å². The molecule has 10 heteroatoms. The zero-order chi connectivity index (χ0) is 30.2. The van der Waals surface area contributed by atoms with Crippen LogP contribution in [0.4, 0.5) is 0 Å². The highest BCUT2D eigenvalue weighted by Crippen LogP contribution is 2.32. The fourth-order valence-electron chi connectivity index (χ4n) is 4.82. The standard InChI is InChI=1S/C32H36BNO8/c1-21-15-29(38-14-13-23(3)40-24(4)35)16-22(2)32(21)26-8-6-7-25(17-26)20-39-28-11-9-27(10-12-28)33-41-30(36)18-34(5)19-31(37)42-33/h6-12,15-17,23H,13-14,18-20H2,1-5H3. The molecule has 0 aliphatic carbocycles. The van der Waals surface area contributed by atoms with E-state index in [4.69, 9.17) is 23.5 Å². The summed E-state index contributed by atoms with van der Waals surface area (Å²) in [5.41, 5.74) is 5.95. The van der Waals surface area contributed by atoms with Gasteiger partial charge >= 0.3 is 25.0 Å². The molecule has 42 heavy (non-hydrogen) atoms. The van der Waals surface area contributed by atoms with E-state index < -0.39 is 19.1 Å². The summed E-state index contributed by atoms with van der Waals surface area (Å²) >= 11 is 0. The van der Waals surface area contributed by atoms with Crippen LogP contribution in [0.3, 0.4) is 0 Å². The van der Waals surface area contributed by atoms with E-state index in [0.29, 0.717) is 30.8 Å². The molecule has 1 fully saturated rings. The van der Waals surface area contributed by atoms with Crippen molar-refractivity contribution in [2.24, 2.45) is 0 Å². The molecular formula is C32H36BNO8. The van der Waals surface area contributed by atoms with Crippen LogP contribution in [0.15, 0.2) is 60.7 Å². The number of benzene rings is 3. The minimum atomic E-state index is -1.09. The molecule has 1 aliphatic rings. The molecule has 0 aromatic heterocycles. The highest BCUT2D eigenvalue weighted by atomic mass is 16.6. The number of likely N-dealkylation sites (N-methyl/N-ethyl adjacent to an activating group) is 1. The second kappa shape index (κ2) is 14.0. The Kier molecular flexibility index (Phi) is 10.2. The van der Waals surface area contributed by atoms with Gasteiger partial charge < -0.3 is 23.5 Å². The molecule has 3 aromatic rings. The molecule has 0 spiro atoms. The summed E-state index contributed by atoms with van der Waals surface area (Å²) < 4.78 is 27.8. The van der Waals surface area contributed by atoms with Gasteiger partial charge in [-0.15, -0.1) is 0 Å². The second-order valence-electron chi connectivity index (χ2n) is 10.5. The zero-order valence-electron chi connectivity index (χ0n) is 24.7. The van der Waals surface area contributed by atoms with E-state index in [1.54, 1.807) is 31.3 Å². The molecule has 1 unspecified atom stereocenters. The molecule has 1 heterocycles. The van der Waals surface area contributed by atoms with E-state index >= 15 is 0 Å². The van der Waals surface area contributed by atoms with Gasteiger partial charge in [0.2, 0.25) is 0 Å². The first-order valence-corrected chi connectivity index (χ1v) is 13.9. The fourth-order valence-corrected chi connectivity index (χ4v) is 4.82. The second-order valence-corrected chi connectivity index (χ2v) is 10.5. The van der Waals surface area contributed by atoms with Crippen molar-refractivity contribution < 1.29 is 37.9 Å². The Bertz CT molecular complexity index is 1380. The molecule has 1 saturated heterocycles. The first-order valence-electron chi connectivity index (χ1n) is 13.9. The molecule has 0 bridgehead atoms. The lowest BCUT2D eigenvalue weighted by atomic mass is 9.78. The highest BCUT2D eigenvalue weighted by molar-refractivity contribution is 6.64. The summed E-state index contributed by atoms with van der Waals surface area (Å²) in [6.07, 6.45) is 0.420. The molecule has 0 saturated carbocycles. The number of ether oxygens (including phenoxy) is 3. The van der Waals surface area contributed by atoms with Crippen LogP contribution < -0.4 is 14.9 Å². The lowest BCUT2D eigenvalue weighted by Gasteiger charge is -2.22. The average Bonchev–Trinajstić information content (AvgIpc) is 2.90. The highest BCUT2D eigenvalue weighted by Gasteiger charge is 2.33. The maximum absolute atomic E-state index is 12.0. The lowest BCUT2D eigenvalue weighted by molar-refractivity contribution is -0.147. The largest absolute Gasteiger partial charge is 0.636 e. The quantitative estimate of drug-likeness (QED) is 0.263. The first-order chi connectivity index (χ1) is 20.1. The van der Waals surface area contributed by atoms with Crippen molar-refractivity contribution in [2.45, 2.75) is 46.8 Å².